The van der Waals surface area contributed by atoms with Gasteiger partial charge in [-0.05, 0) is 60.2 Å². The van der Waals surface area contributed by atoms with Crippen LogP contribution in [0.3, 0.4) is 0 Å². The van der Waals surface area contributed by atoms with Gasteiger partial charge in [-0.2, -0.15) is 9.78 Å². The first kappa shape index (κ1) is 21.4. The Hall–Kier alpha value is -3.84. The van der Waals surface area contributed by atoms with Crippen molar-refractivity contribution in [2.75, 3.05) is 14.2 Å². The zero-order valence-electron chi connectivity index (χ0n) is 17.5. The molecular weight excluding hydrogens is 430 g/mol. The molecule has 3 aromatic carbocycles. The second-order valence-electron chi connectivity index (χ2n) is 6.76. The third kappa shape index (κ3) is 4.58. The van der Waals surface area contributed by atoms with Gasteiger partial charge < -0.3 is 14.2 Å². The van der Waals surface area contributed by atoms with Crippen LogP contribution in [-0.2, 0) is 6.61 Å². The first-order chi connectivity index (χ1) is 15.6. The van der Waals surface area contributed by atoms with E-state index in [9.17, 15) is 4.79 Å². The molecule has 0 bridgehead atoms. The highest BCUT2D eigenvalue weighted by atomic mass is 35.5. The van der Waals surface area contributed by atoms with Crippen LogP contribution in [0.15, 0.2) is 76.6 Å². The Kier molecular flexibility index (Phi) is 6.37. The second-order valence-corrected chi connectivity index (χ2v) is 7.20. The van der Waals surface area contributed by atoms with E-state index < -0.39 is 0 Å². The minimum Gasteiger partial charge on any atom is -0.493 e. The van der Waals surface area contributed by atoms with Gasteiger partial charge in [0, 0.05) is 5.02 Å². The molecule has 0 radical (unpaired) electrons. The SMILES string of the molecule is COc1ccc(/C=N/n2c(COc3ccc(Cl)cc3)nc3ccccc3c2=O)cc1OC. The lowest BCUT2D eigenvalue weighted by Crippen LogP contribution is -2.23. The van der Waals surface area contributed by atoms with Gasteiger partial charge in [-0.1, -0.05) is 23.7 Å². The van der Waals surface area contributed by atoms with Crippen LogP contribution in [-0.4, -0.2) is 30.1 Å². The summed E-state index contributed by atoms with van der Waals surface area (Å²) in [5.41, 5.74) is 1.01. The van der Waals surface area contributed by atoms with Gasteiger partial charge >= 0.3 is 0 Å². The molecule has 1 aromatic heterocycles. The fourth-order valence-electron chi connectivity index (χ4n) is 3.12. The maximum atomic E-state index is 13.1. The average molecular weight is 450 g/mol. The number of fused-ring (bicyclic) bond motifs is 1. The largest absolute Gasteiger partial charge is 0.493 e. The van der Waals surface area contributed by atoms with E-state index in [4.69, 9.17) is 25.8 Å². The highest BCUT2D eigenvalue weighted by Crippen LogP contribution is 2.27. The van der Waals surface area contributed by atoms with Crippen molar-refractivity contribution in [1.29, 1.82) is 0 Å². The Labute approximate surface area is 189 Å². The lowest BCUT2D eigenvalue weighted by molar-refractivity contribution is 0.289. The fraction of sp³-hybridized carbons (Fsp3) is 0.125. The van der Waals surface area contributed by atoms with E-state index >= 15 is 0 Å². The fourth-order valence-corrected chi connectivity index (χ4v) is 3.24. The van der Waals surface area contributed by atoms with E-state index in [1.165, 1.54) is 4.68 Å². The predicted molar refractivity (Wildman–Crippen MR) is 124 cm³/mol. The maximum absolute atomic E-state index is 13.1. The average Bonchev–Trinajstić information content (AvgIpc) is 2.83. The van der Waals surface area contributed by atoms with Gasteiger partial charge in [0.05, 0.1) is 31.3 Å². The number of hydrogen-bond donors (Lipinski definition) is 0. The zero-order valence-corrected chi connectivity index (χ0v) is 18.2. The van der Waals surface area contributed by atoms with Crippen molar-refractivity contribution >= 4 is 28.7 Å². The molecule has 1 heterocycles. The molecule has 0 fully saturated rings. The van der Waals surface area contributed by atoms with Crippen LogP contribution in [0.4, 0.5) is 0 Å². The van der Waals surface area contributed by atoms with Crippen molar-refractivity contribution < 1.29 is 14.2 Å². The number of aromatic nitrogens is 2. The molecule has 0 aliphatic heterocycles. The number of benzene rings is 3. The van der Waals surface area contributed by atoms with E-state index in [0.29, 0.717) is 39.0 Å². The molecule has 0 aliphatic carbocycles. The molecule has 4 rings (SSSR count). The smallest absolute Gasteiger partial charge is 0.282 e. The van der Waals surface area contributed by atoms with E-state index in [-0.39, 0.29) is 12.2 Å². The van der Waals surface area contributed by atoms with Crippen LogP contribution in [0.1, 0.15) is 11.4 Å². The van der Waals surface area contributed by atoms with Crippen LogP contribution in [0.5, 0.6) is 17.2 Å². The molecule has 0 unspecified atom stereocenters. The van der Waals surface area contributed by atoms with Crippen molar-refractivity contribution in [3.05, 3.63) is 93.5 Å². The molecule has 0 aliphatic rings. The van der Waals surface area contributed by atoms with Gasteiger partial charge in [0.1, 0.15) is 12.4 Å². The molecular formula is C24H20ClN3O4. The Morgan fingerprint density at radius 2 is 1.75 bits per heavy atom. The number of methoxy groups -OCH3 is 2. The Balaban J connectivity index is 1.72. The number of nitrogens with zero attached hydrogens (tertiary/aromatic N) is 3. The first-order valence-corrected chi connectivity index (χ1v) is 10.1. The summed E-state index contributed by atoms with van der Waals surface area (Å²) in [6, 6.07) is 19.4. The van der Waals surface area contributed by atoms with Gasteiger partial charge in [-0.25, -0.2) is 4.98 Å². The lowest BCUT2D eigenvalue weighted by atomic mass is 10.2. The number of halogens is 1. The lowest BCUT2D eigenvalue weighted by Gasteiger charge is -2.11. The van der Waals surface area contributed by atoms with Crippen molar-refractivity contribution in [2.45, 2.75) is 6.61 Å². The van der Waals surface area contributed by atoms with Crippen LogP contribution in [0.25, 0.3) is 10.9 Å². The van der Waals surface area contributed by atoms with Crippen molar-refractivity contribution in [3.63, 3.8) is 0 Å². The number of para-hydroxylation sites is 1. The quantitative estimate of drug-likeness (QED) is 0.387. The van der Waals surface area contributed by atoms with E-state index in [1.54, 1.807) is 75.0 Å². The highest BCUT2D eigenvalue weighted by Gasteiger charge is 2.11. The summed E-state index contributed by atoms with van der Waals surface area (Å²) in [5, 5.41) is 5.48. The molecule has 0 amide bonds. The third-order valence-electron chi connectivity index (χ3n) is 4.73. The van der Waals surface area contributed by atoms with Gasteiger partial charge in [-0.3, -0.25) is 4.79 Å². The standard InChI is InChI=1S/C24H20ClN3O4/c1-30-21-12-7-16(13-22(21)31-2)14-26-28-23(15-32-18-10-8-17(25)9-11-18)27-20-6-4-3-5-19(20)24(28)29/h3-14H,15H2,1-2H3/b26-14+. The molecule has 0 saturated carbocycles. The zero-order chi connectivity index (χ0) is 22.5. The molecule has 0 atom stereocenters. The Morgan fingerprint density at radius 3 is 2.50 bits per heavy atom. The first-order valence-electron chi connectivity index (χ1n) is 9.74. The molecule has 162 valence electrons. The Morgan fingerprint density at radius 1 is 1.00 bits per heavy atom. The van der Waals surface area contributed by atoms with Gasteiger partial charge in [0.15, 0.2) is 17.3 Å². The number of ether oxygens (including phenoxy) is 3. The minimum absolute atomic E-state index is 0.0466. The molecule has 8 heteroatoms. The normalized spacial score (nSPS) is 11.1. The molecule has 32 heavy (non-hydrogen) atoms. The summed E-state index contributed by atoms with van der Waals surface area (Å²) < 4.78 is 17.7. The van der Waals surface area contributed by atoms with Crippen molar-refractivity contribution in [3.8, 4) is 17.2 Å². The summed E-state index contributed by atoms with van der Waals surface area (Å²) >= 11 is 5.93. The summed E-state index contributed by atoms with van der Waals surface area (Å²) in [5.74, 6) is 2.13. The summed E-state index contributed by atoms with van der Waals surface area (Å²) in [6.45, 7) is 0.0466. The molecule has 0 N–H and O–H groups in total. The number of hydrogen-bond acceptors (Lipinski definition) is 6. The van der Waals surface area contributed by atoms with Crippen LogP contribution in [0, 0.1) is 0 Å². The summed E-state index contributed by atoms with van der Waals surface area (Å²) in [6.07, 6.45) is 1.56. The van der Waals surface area contributed by atoms with Crippen LogP contribution in [0.2, 0.25) is 5.02 Å². The highest BCUT2D eigenvalue weighted by molar-refractivity contribution is 6.30. The predicted octanol–water partition coefficient (Wildman–Crippen LogP) is 4.53. The van der Waals surface area contributed by atoms with E-state index in [2.05, 4.69) is 10.1 Å². The topological polar surface area (TPSA) is 74.9 Å². The van der Waals surface area contributed by atoms with Crippen LogP contribution >= 0.6 is 11.6 Å². The summed E-state index contributed by atoms with van der Waals surface area (Å²) in [7, 11) is 3.13. The van der Waals surface area contributed by atoms with Crippen molar-refractivity contribution in [1.82, 2.24) is 9.66 Å². The summed E-state index contributed by atoms with van der Waals surface area (Å²) in [4.78, 5) is 17.7. The maximum Gasteiger partial charge on any atom is 0.282 e. The van der Waals surface area contributed by atoms with Gasteiger partial charge in [-0.15, -0.1) is 0 Å². The van der Waals surface area contributed by atoms with Gasteiger partial charge in [0.2, 0.25) is 0 Å². The van der Waals surface area contributed by atoms with Crippen molar-refractivity contribution in [2.24, 2.45) is 5.10 Å². The Bertz CT molecular complexity index is 1330. The minimum atomic E-state index is -0.290. The molecule has 4 aromatic rings. The molecule has 0 saturated heterocycles. The third-order valence-corrected chi connectivity index (χ3v) is 4.98. The second kappa shape index (κ2) is 9.53. The monoisotopic (exact) mass is 449 g/mol. The number of rotatable bonds is 7. The van der Waals surface area contributed by atoms with E-state index in [1.807, 2.05) is 12.1 Å². The van der Waals surface area contributed by atoms with Crippen LogP contribution < -0.4 is 19.8 Å². The van der Waals surface area contributed by atoms with E-state index in [0.717, 1.165) is 5.56 Å². The van der Waals surface area contributed by atoms with Gasteiger partial charge in [0.25, 0.3) is 5.56 Å². The molecule has 7 nitrogen and oxygen atoms in total. The molecule has 0 spiro atoms.